The highest BCUT2D eigenvalue weighted by atomic mass is 16.2. The molecule has 1 aliphatic heterocycles. The van der Waals surface area contributed by atoms with Gasteiger partial charge in [-0.05, 0) is 17.7 Å². The second-order valence-electron chi connectivity index (χ2n) is 6.84. The smallest absolute Gasteiger partial charge is 0.290 e. The maximum Gasteiger partial charge on any atom is 0.290 e. The van der Waals surface area contributed by atoms with Gasteiger partial charge in [-0.1, -0.05) is 36.4 Å². The van der Waals surface area contributed by atoms with Gasteiger partial charge in [-0.25, -0.2) is 4.98 Å². The van der Waals surface area contributed by atoms with Crippen molar-refractivity contribution < 1.29 is 14.4 Å². The van der Waals surface area contributed by atoms with Gasteiger partial charge in [0.1, 0.15) is 0 Å². The first-order valence-electron chi connectivity index (χ1n) is 9.45. The van der Waals surface area contributed by atoms with E-state index < -0.39 is 0 Å². The fraction of sp³-hybridized carbons (Fsp3) is 0.238. The number of nitrogens with zero attached hydrogens (tertiary/aromatic N) is 4. The fourth-order valence-electron chi connectivity index (χ4n) is 3.39. The molecule has 1 fully saturated rings. The van der Waals surface area contributed by atoms with Gasteiger partial charge in [0.05, 0.1) is 5.52 Å². The number of carbonyl (C=O) groups excluding carboxylic acids is 3. The van der Waals surface area contributed by atoms with Crippen LogP contribution in [0.15, 0.2) is 54.7 Å². The highest BCUT2D eigenvalue weighted by Crippen LogP contribution is 2.16. The number of piperazine rings is 1. The average Bonchev–Trinajstić information content (AvgIpc) is 3.17. The molecule has 0 unspecified atom stereocenters. The normalized spacial score (nSPS) is 14.1. The minimum absolute atomic E-state index is 0.199. The van der Waals surface area contributed by atoms with Crippen molar-refractivity contribution >= 4 is 23.7 Å². The van der Waals surface area contributed by atoms with Crippen LogP contribution in [0.4, 0.5) is 0 Å². The molecule has 4 rings (SSSR count). The van der Waals surface area contributed by atoms with Crippen LogP contribution in [0.1, 0.15) is 26.7 Å². The van der Waals surface area contributed by atoms with Crippen LogP contribution in [-0.2, 0) is 11.3 Å². The largest absolute Gasteiger partial charge is 0.347 e. The number of rotatable bonds is 5. The topological polar surface area (TPSA) is 87.0 Å². The van der Waals surface area contributed by atoms with Gasteiger partial charge in [-0.3, -0.25) is 18.8 Å². The van der Waals surface area contributed by atoms with E-state index in [1.54, 1.807) is 32.5 Å². The van der Waals surface area contributed by atoms with Gasteiger partial charge in [0.2, 0.25) is 12.2 Å². The number of amides is 3. The van der Waals surface area contributed by atoms with E-state index in [-0.39, 0.29) is 23.3 Å². The van der Waals surface area contributed by atoms with Gasteiger partial charge >= 0.3 is 0 Å². The zero-order valence-electron chi connectivity index (χ0n) is 15.8. The Balaban J connectivity index is 1.57. The van der Waals surface area contributed by atoms with E-state index >= 15 is 0 Å². The summed E-state index contributed by atoms with van der Waals surface area (Å²) in [6, 6.07) is 15.0. The number of hydrogen-bond donors (Lipinski definition) is 1. The van der Waals surface area contributed by atoms with Gasteiger partial charge in [-0.15, -0.1) is 0 Å². The van der Waals surface area contributed by atoms with E-state index in [0.29, 0.717) is 38.2 Å². The number of aromatic nitrogens is 2. The van der Waals surface area contributed by atoms with Crippen molar-refractivity contribution in [1.29, 1.82) is 0 Å². The molecular formula is C21H21N5O3. The third-order valence-corrected chi connectivity index (χ3v) is 5.00. The first-order chi connectivity index (χ1) is 14.2. The predicted molar refractivity (Wildman–Crippen MR) is 106 cm³/mol. The molecule has 8 nitrogen and oxygen atoms in total. The lowest BCUT2D eigenvalue weighted by atomic mass is 10.2. The average molecular weight is 391 g/mol. The van der Waals surface area contributed by atoms with E-state index in [2.05, 4.69) is 10.3 Å². The third kappa shape index (κ3) is 3.82. The van der Waals surface area contributed by atoms with Gasteiger partial charge < -0.3 is 15.1 Å². The molecule has 3 aromatic rings. The second-order valence-corrected chi connectivity index (χ2v) is 6.84. The Morgan fingerprint density at radius 3 is 2.45 bits per heavy atom. The van der Waals surface area contributed by atoms with Crippen LogP contribution >= 0.6 is 0 Å². The third-order valence-electron chi connectivity index (χ3n) is 5.00. The number of nitrogens with one attached hydrogen (secondary N) is 1. The Labute approximate surface area is 167 Å². The lowest BCUT2D eigenvalue weighted by molar-refractivity contribution is -0.119. The SMILES string of the molecule is O=CN1CCN(C(=O)c2nc(C(=O)NCc3ccccc3)c3ccccn23)CC1. The molecule has 3 heterocycles. The van der Waals surface area contributed by atoms with Crippen molar-refractivity contribution in [2.75, 3.05) is 26.2 Å². The molecule has 148 valence electrons. The summed E-state index contributed by atoms with van der Waals surface area (Å²) < 4.78 is 1.64. The molecule has 0 atom stereocenters. The summed E-state index contributed by atoms with van der Waals surface area (Å²) in [5.74, 6) is -0.383. The molecular weight excluding hydrogens is 370 g/mol. The van der Waals surface area contributed by atoms with E-state index in [1.807, 2.05) is 36.4 Å². The molecule has 1 N–H and O–H groups in total. The lowest BCUT2D eigenvalue weighted by Crippen LogP contribution is -2.48. The minimum Gasteiger partial charge on any atom is -0.347 e. The summed E-state index contributed by atoms with van der Waals surface area (Å²) in [6.45, 7) is 2.23. The number of benzene rings is 1. The van der Waals surface area contributed by atoms with Crippen molar-refractivity contribution in [1.82, 2.24) is 24.5 Å². The maximum absolute atomic E-state index is 13.0. The molecule has 0 bridgehead atoms. The van der Waals surface area contributed by atoms with Crippen LogP contribution in [0.5, 0.6) is 0 Å². The second kappa shape index (κ2) is 8.14. The highest BCUT2D eigenvalue weighted by Gasteiger charge is 2.27. The summed E-state index contributed by atoms with van der Waals surface area (Å²) >= 11 is 0. The van der Waals surface area contributed by atoms with E-state index in [1.165, 1.54) is 0 Å². The number of imidazole rings is 1. The minimum atomic E-state index is -0.331. The van der Waals surface area contributed by atoms with Crippen molar-refractivity contribution in [2.45, 2.75) is 6.54 Å². The van der Waals surface area contributed by atoms with Gasteiger partial charge in [0, 0.05) is 38.9 Å². The molecule has 3 amide bonds. The number of pyridine rings is 1. The highest BCUT2D eigenvalue weighted by molar-refractivity contribution is 6.02. The standard InChI is InChI=1S/C21H21N5O3/c27-15-24-10-12-25(13-11-24)21(29)19-23-18(17-8-4-5-9-26(17)19)20(28)22-14-16-6-2-1-3-7-16/h1-9,15H,10-14H2,(H,22,28). The molecule has 1 saturated heterocycles. The van der Waals surface area contributed by atoms with Crippen molar-refractivity contribution in [3.05, 3.63) is 71.8 Å². The van der Waals surface area contributed by atoms with Gasteiger partial charge in [0.25, 0.3) is 11.8 Å². The molecule has 8 heteroatoms. The van der Waals surface area contributed by atoms with Gasteiger partial charge in [-0.2, -0.15) is 0 Å². The lowest BCUT2D eigenvalue weighted by Gasteiger charge is -2.32. The monoisotopic (exact) mass is 391 g/mol. The van der Waals surface area contributed by atoms with Crippen molar-refractivity contribution in [3.8, 4) is 0 Å². The Hall–Kier alpha value is -3.68. The summed E-state index contributed by atoms with van der Waals surface area (Å²) in [4.78, 5) is 44.4. The predicted octanol–water partition coefficient (Wildman–Crippen LogP) is 1.18. The molecule has 0 radical (unpaired) electrons. The van der Waals surface area contributed by atoms with Crippen LogP contribution in [-0.4, -0.2) is 63.6 Å². The van der Waals surface area contributed by atoms with Crippen LogP contribution in [0.25, 0.3) is 5.52 Å². The Kier molecular flexibility index (Phi) is 5.24. The molecule has 29 heavy (non-hydrogen) atoms. The van der Waals surface area contributed by atoms with E-state index in [0.717, 1.165) is 12.0 Å². The van der Waals surface area contributed by atoms with Crippen molar-refractivity contribution in [3.63, 3.8) is 0 Å². The summed E-state index contributed by atoms with van der Waals surface area (Å²) in [5, 5.41) is 2.87. The first-order valence-corrected chi connectivity index (χ1v) is 9.45. The molecule has 0 spiro atoms. The Bertz CT molecular complexity index is 1040. The van der Waals surface area contributed by atoms with Crippen LogP contribution < -0.4 is 5.32 Å². The van der Waals surface area contributed by atoms with E-state index in [4.69, 9.17) is 0 Å². The summed E-state index contributed by atoms with van der Waals surface area (Å²) in [6.07, 6.45) is 2.52. The zero-order chi connectivity index (χ0) is 20.2. The Morgan fingerprint density at radius 1 is 1.00 bits per heavy atom. The first kappa shape index (κ1) is 18.7. The zero-order valence-corrected chi connectivity index (χ0v) is 15.8. The Morgan fingerprint density at radius 2 is 1.72 bits per heavy atom. The van der Waals surface area contributed by atoms with Crippen LogP contribution in [0, 0.1) is 0 Å². The quantitative estimate of drug-likeness (QED) is 0.662. The maximum atomic E-state index is 13.0. The molecule has 0 saturated carbocycles. The fourth-order valence-corrected chi connectivity index (χ4v) is 3.39. The number of hydrogen-bond acceptors (Lipinski definition) is 4. The molecule has 2 aromatic heterocycles. The van der Waals surface area contributed by atoms with Crippen molar-refractivity contribution in [2.24, 2.45) is 0 Å². The summed E-state index contributed by atoms with van der Waals surface area (Å²) in [5.41, 5.74) is 1.78. The van der Waals surface area contributed by atoms with Crippen LogP contribution in [0.3, 0.4) is 0 Å². The van der Waals surface area contributed by atoms with Gasteiger partial charge in [0.15, 0.2) is 5.69 Å². The van der Waals surface area contributed by atoms with E-state index in [9.17, 15) is 14.4 Å². The molecule has 1 aromatic carbocycles. The summed E-state index contributed by atoms with van der Waals surface area (Å²) in [7, 11) is 0. The molecule has 1 aliphatic rings. The van der Waals surface area contributed by atoms with Crippen LogP contribution in [0.2, 0.25) is 0 Å². The number of carbonyl (C=O) groups is 3. The number of fused-ring (bicyclic) bond motifs is 1. The molecule has 0 aliphatic carbocycles.